The van der Waals surface area contributed by atoms with Crippen LogP contribution in [-0.2, 0) is 27.8 Å². The summed E-state index contributed by atoms with van der Waals surface area (Å²) in [6.45, 7) is 15.4. The van der Waals surface area contributed by atoms with Gasteiger partial charge in [0.1, 0.15) is 33.1 Å². The maximum Gasteiger partial charge on any atom is 0.435 e. The number of pyridine rings is 1. The molecule has 0 fully saturated rings. The number of imide groups is 1. The van der Waals surface area contributed by atoms with Crippen LogP contribution in [0.1, 0.15) is 78.7 Å². The summed E-state index contributed by atoms with van der Waals surface area (Å²) in [6, 6.07) is 6.44. The molecule has 0 saturated heterocycles. The molecule has 0 aromatic carbocycles. The van der Waals surface area contributed by atoms with Crippen LogP contribution < -0.4 is 10.5 Å². The van der Waals surface area contributed by atoms with Gasteiger partial charge in [-0.3, -0.25) is 4.79 Å². The molecule has 50 heavy (non-hydrogen) atoms. The molecule has 0 aliphatic rings. The average Bonchev–Trinajstić information content (AvgIpc) is 3.67. The van der Waals surface area contributed by atoms with Gasteiger partial charge < -0.3 is 18.8 Å². The van der Waals surface area contributed by atoms with Crippen molar-refractivity contribution in [1.82, 2.24) is 34.1 Å². The van der Waals surface area contributed by atoms with E-state index in [0.717, 1.165) is 14.3 Å². The molecule has 0 N–H and O–H groups in total. The fourth-order valence-electron chi connectivity index (χ4n) is 4.69. The summed E-state index contributed by atoms with van der Waals surface area (Å²) in [6.07, 6.45) is 4.17. The number of carbonyl (C=O) groups is 3. The van der Waals surface area contributed by atoms with Crippen molar-refractivity contribution in [2.75, 3.05) is 4.90 Å². The number of hydrogen-bond acceptors (Lipinski definition) is 12. The van der Waals surface area contributed by atoms with Gasteiger partial charge in [0, 0.05) is 18.6 Å². The first-order valence-corrected chi connectivity index (χ1v) is 16.5. The zero-order chi connectivity index (χ0) is 36.8. The van der Waals surface area contributed by atoms with E-state index in [1.807, 2.05) is 0 Å². The van der Waals surface area contributed by atoms with Gasteiger partial charge in [0.05, 0.1) is 28.8 Å². The standard InChI is InChI=1S/C34H40N8O7S/c1-32(2,3)47-29(44)40-17-16-20(38-40)14-15-24-37-27-26(50-24)22-18-35-41(28(43)25(22)39(27)10)19-21-12-11-13-23(36-21)42(30(45)48-33(4,5)6)31(46)49-34(7,8)9/h11-18H,19H2,1-10H3. The lowest BCUT2D eigenvalue weighted by atomic mass is 10.2. The molecule has 0 saturated carbocycles. The fourth-order valence-corrected chi connectivity index (χ4v) is 5.70. The molecule has 0 unspecified atom stereocenters. The third-order valence-corrected chi connectivity index (χ3v) is 7.66. The van der Waals surface area contributed by atoms with E-state index in [0.29, 0.717) is 32.9 Å². The van der Waals surface area contributed by atoms with E-state index in [4.69, 9.17) is 19.2 Å². The second-order valence-corrected chi connectivity index (χ2v) is 15.4. The lowest BCUT2D eigenvalue weighted by Crippen LogP contribution is -2.44. The average molecular weight is 705 g/mol. The third-order valence-electron chi connectivity index (χ3n) is 6.61. The quantitative estimate of drug-likeness (QED) is 0.181. The van der Waals surface area contributed by atoms with Crippen molar-refractivity contribution < 1.29 is 28.6 Å². The van der Waals surface area contributed by atoms with Crippen molar-refractivity contribution in [3.05, 3.63) is 63.4 Å². The van der Waals surface area contributed by atoms with Crippen molar-refractivity contribution in [2.24, 2.45) is 7.05 Å². The molecule has 0 aliphatic heterocycles. The highest BCUT2D eigenvalue weighted by Gasteiger charge is 2.33. The molecule has 5 heterocycles. The van der Waals surface area contributed by atoms with Crippen LogP contribution >= 0.6 is 11.3 Å². The van der Waals surface area contributed by atoms with E-state index in [2.05, 4.69) is 15.2 Å². The van der Waals surface area contributed by atoms with Crippen LogP contribution in [0.2, 0.25) is 0 Å². The molecule has 5 rings (SSSR count). The van der Waals surface area contributed by atoms with Gasteiger partial charge in [-0.2, -0.15) is 19.8 Å². The van der Waals surface area contributed by atoms with Crippen LogP contribution in [0.25, 0.3) is 33.4 Å². The van der Waals surface area contributed by atoms with E-state index in [1.165, 1.54) is 28.3 Å². The number of thiazole rings is 1. The molecule has 5 aromatic rings. The summed E-state index contributed by atoms with van der Waals surface area (Å²) in [7, 11) is 1.75. The van der Waals surface area contributed by atoms with Crippen molar-refractivity contribution in [1.29, 1.82) is 0 Å². The topological polar surface area (TPSA) is 166 Å². The van der Waals surface area contributed by atoms with Crippen LogP contribution in [0, 0.1) is 0 Å². The summed E-state index contributed by atoms with van der Waals surface area (Å²) in [5.41, 5.74) is -0.869. The number of aromatic nitrogens is 7. The number of anilines is 1. The number of hydrogen-bond donors (Lipinski definition) is 0. The number of carbonyl (C=O) groups excluding carboxylic acids is 3. The molecule has 15 nitrogen and oxygen atoms in total. The number of rotatable bonds is 5. The number of amides is 2. The Balaban J connectivity index is 1.40. The number of nitrogens with zero attached hydrogens (tertiary/aromatic N) is 8. The highest BCUT2D eigenvalue weighted by Crippen LogP contribution is 2.31. The Labute approximate surface area is 292 Å². The van der Waals surface area contributed by atoms with E-state index in [-0.39, 0.29) is 17.9 Å². The molecule has 264 valence electrons. The Hall–Kier alpha value is -5.38. The molecule has 16 heteroatoms. The largest absolute Gasteiger partial charge is 0.443 e. The summed E-state index contributed by atoms with van der Waals surface area (Å²) in [5, 5.41) is 9.97. The zero-order valence-electron chi connectivity index (χ0n) is 29.7. The van der Waals surface area contributed by atoms with Gasteiger partial charge in [-0.1, -0.05) is 6.07 Å². The summed E-state index contributed by atoms with van der Waals surface area (Å²) < 4.78 is 21.2. The Morgan fingerprint density at radius 1 is 0.880 bits per heavy atom. The molecule has 5 aromatic heterocycles. The minimum atomic E-state index is -0.950. The van der Waals surface area contributed by atoms with Crippen LogP contribution in [0.3, 0.4) is 0 Å². The lowest BCUT2D eigenvalue weighted by Gasteiger charge is -2.28. The molecular formula is C34H40N8O7S. The van der Waals surface area contributed by atoms with E-state index in [1.54, 1.807) is 110 Å². The first kappa shape index (κ1) is 35.9. The predicted octanol–water partition coefficient (Wildman–Crippen LogP) is 6.61. The Morgan fingerprint density at radius 3 is 2.14 bits per heavy atom. The van der Waals surface area contributed by atoms with Gasteiger partial charge in [0.2, 0.25) is 0 Å². The maximum atomic E-state index is 13.7. The Kier molecular flexibility index (Phi) is 9.45. The number of ether oxygens (including phenoxy) is 3. The van der Waals surface area contributed by atoms with Gasteiger partial charge in [-0.15, -0.1) is 11.3 Å². The molecule has 2 amide bonds. The van der Waals surface area contributed by atoms with Gasteiger partial charge in [-0.05, 0) is 92.7 Å². The molecule has 0 spiro atoms. The molecule has 0 atom stereocenters. The van der Waals surface area contributed by atoms with Crippen molar-refractivity contribution in [3.8, 4) is 0 Å². The SMILES string of the molecule is Cn1c2nc(C=Cc3ccn(C(=O)OC(C)(C)C)n3)sc2c2cnn(Cc3cccc(N(C(=O)OC(C)(C)C)C(=O)OC(C)(C)C)n3)c(=O)c21. The van der Waals surface area contributed by atoms with Gasteiger partial charge in [0.15, 0.2) is 5.65 Å². The maximum absolute atomic E-state index is 13.7. The van der Waals surface area contributed by atoms with Crippen LogP contribution in [0.4, 0.5) is 20.2 Å². The Bertz CT molecular complexity index is 2160. The third kappa shape index (κ3) is 8.25. The first-order valence-electron chi connectivity index (χ1n) is 15.7. The van der Waals surface area contributed by atoms with E-state index >= 15 is 0 Å². The monoisotopic (exact) mass is 704 g/mol. The first-order chi connectivity index (χ1) is 23.2. The molecule has 0 aliphatic carbocycles. The van der Waals surface area contributed by atoms with Crippen LogP contribution in [0.15, 0.2) is 41.5 Å². The summed E-state index contributed by atoms with van der Waals surface area (Å²) in [5.74, 6) is -0.0269. The lowest BCUT2D eigenvalue weighted by molar-refractivity contribution is 0.0426. The highest BCUT2D eigenvalue weighted by molar-refractivity contribution is 7.20. The molecule has 0 radical (unpaired) electrons. The van der Waals surface area contributed by atoms with Crippen molar-refractivity contribution in [3.63, 3.8) is 0 Å². The van der Waals surface area contributed by atoms with Gasteiger partial charge >= 0.3 is 18.3 Å². The summed E-state index contributed by atoms with van der Waals surface area (Å²) in [4.78, 5) is 62.2. The van der Waals surface area contributed by atoms with Crippen LogP contribution in [-0.4, -0.2) is 69.2 Å². The summed E-state index contributed by atoms with van der Waals surface area (Å²) >= 11 is 1.39. The second-order valence-electron chi connectivity index (χ2n) is 14.4. The second kappa shape index (κ2) is 13.2. The fraction of sp³-hybridized carbons (Fsp3) is 0.412. The van der Waals surface area contributed by atoms with Gasteiger partial charge in [0.25, 0.3) is 5.56 Å². The minimum absolute atomic E-state index is 0.0269. The van der Waals surface area contributed by atoms with E-state index in [9.17, 15) is 19.2 Å². The minimum Gasteiger partial charge on any atom is -0.443 e. The molecular weight excluding hydrogens is 664 g/mol. The smallest absolute Gasteiger partial charge is 0.435 e. The van der Waals surface area contributed by atoms with Crippen LogP contribution in [0.5, 0.6) is 0 Å². The normalized spacial score (nSPS) is 12.5. The van der Waals surface area contributed by atoms with E-state index < -0.39 is 35.1 Å². The molecule has 0 bridgehead atoms. The Morgan fingerprint density at radius 2 is 1.52 bits per heavy atom. The van der Waals surface area contributed by atoms with Crippen molar-refractivity contribution >= 4 is 68.8 Å². The highest BCUT2D eigenvalue weighted by atomic mass is 32.1. The predicted molar refractivity (Wildman–Crippen MR) is 189 cm³/mol. The van der Waals surface area contributed by atoms with Gasteiger partial charge in [-0.25, -0.2) is 29.0 Å². The van der Waals surface area contributed by atoms with Crippen molar-refractivity contribution in [2.45, 2.75) is 85.7 Å². The zero-order valence-corrected chi connectivity index (χ0v) is 30.5. The number of fused-ring (bicyclic) bond motifs is 3. The number of aryl methyl sites for hydroxylation is 1.